The van der Waals surface area contributed by atoms with Crippen LogP contribution in [0.4, 0.5) is 5.69 Å². The van der Waals surface area contributed by atoms with Crippen LogP contribution in [0.1, 0.15) is 43.2 Å². The average Bonchev–Trinajstić information content (AvgIpc) is 2.47. The summed E-state index contributed by atoms with van der Waals surface area (Å²) in [5.41, 5.74) is 3.59. The van der Waals surface area contributed by atoms with Gasteiger partial charge in [-0.25, -0.2) is 0 Å². The summed E-state index contributed by atoms with van der Waals surface area (Å²) in [5.74, 6) is 0. The fraction of sp³-hybridized carbons (Fsp3) is 0.550. The van der Waals surface area contributed by atoms with Crippen LogP contribution in [-0.2, 0) is 0 Å². The quantitative estimate of drug-likeness (QED) is 0.634. The van der Waals surface area contributed by atoms with Crippen LogP contribution in [0.15, 0.2) is 30.9 Å². The lowest BCUT2D eigenvalue weighted by Gasteiger charge is -2.48. The van der Waals surface area contributed by atoms with Crippen molar-refractivity contribution in [1.82, 2.24) is 10.2 Å². The van der Waals surface area contributed by atoms with E-state index in [-0.39, 0.29) is 0 Å². The van der Waals surface area contributed by atoms with Crippen LogP contribution < -0.4 is 10.6 Å². The second-order valence-electron chi connectivity index (χ2n) is 7.37. The molecule has 0 aromatic heterocycles. The molecule has 0 saturated carbocycles. The maximum absolute atomic E-state index is 5.56. The predicted molar refractivity (Wildman–Crippen MR) is 107 cm³/mol. The molecular formula is C20H29N3S. The van der Waals surface area contributed by atoms with Crippen LogP contribution in [0.2, 0.25) is 0 Å². The molecule has 2 N–H and O–H groups in total. The smallest absolute Gasteiger partial charge is 0.170 e. The lowest BCUT2D eigenvalue weighted by molar-refractivity contribution is 0.0389. The van der Waals surface area contributed by atoms with Gasteiger partial charge in [-0.2, -0.15) is 0 Å². The molecule has 0 unspecified atom stereocenters. The van der Waals surface area contributed by atoms with Gasteiger partial charge in [0.05, 0.1) is 0 Å². The molecule has 24 heavy (non-hydrogen) atoms. The standard InChI is InChI=1S/C20H29N3S/c1-4-8-23-18-6-5-7-19(23)13-17(12-18)22-20(24)21-16-10-14(2)9-15(3)11-16/h4,9-11,17-19H,1,5-8,12-13H2,2-3H3,(H2,21,22,24)/t18-,19-/m1/s1. The van der Waals surface area contributed by atoms with Gasteiger partial charge in [-0.15, -0.1) is 6.58 Å². The van der Waals surface area contributed by atoms with Gasteiger partial charge in [0.15, 0.2) is 5.11 Å². The van der Waals surface area contributed by atoms with Crippen molar-refractivity contribution in [3.8, 4) is 0 Å². The van der Waals surface area contributed by atoms with Crippen molar-refractivity contribution >= 4 is 23.0 Å². The minimum atomic E-state index is 0.479. The summed E-state index contributed by atoms with van der Waals surface area (Å²) in [6.07, 6.45) is 8.38. The molecule has 0 radical (unpaired) electrons. The summed E-state index contributed by atoms with van der Waals surface area (Å²) >= 11 is 5.56. The van der Waals surface area contributed by atoms with Crippen molar-refractivity contribution in [2.45, 2.75) is 64.1 Å². The minimum absolute atomic E-state index is 0.479. The molecule has 2 heterocycles. The molecule has 2 aliphatic rings. The number of benzene rings is 1. The van der Waals surface area contributed by atoms with Gasteiger partial charge in [0.2, 0.25) is 0 Å². The highest BCUT2D eigenvalue weighted by atomic mass is 32.1. The van der Waals surface area contributed by atoms with Crippen molar-refractivity contribution in [3.05, 3.63) is 42.0 Å². The normalized spacial score (nSPS) is 26.7. The van der Waals surface area contributed by atoms with E-state index in [1.165, 1.54) is 43.2 Å². The second-order valence-corrected chi connectivity index (χ2v) is 7.78. The molecule has 2 saturated heterocycles. The molecule has 2 fully saturated rings. The molecule has 130 valence electrons. The van der Waals surface area contributed by atoms with E-state index < -0.39 is 0 Å². The Morgan fingerprint density at radius 2 is 1.83 bits per heavy atom. The summed E-state index contributed by atoms with van der Waals surface area (Å²) in [7, 11) is 0. The molecule has 3 rings (SSSR count). The SMILES string of the molecule is C=CCN1[C@@H]2CCC[C@@H]1CC(NC(=S)Nc1cc(C)cc(C)c1)C2. The first-order chi connectivity index (χ1) is 11.5. The molecule has 3 nitrogen and oxygen atoms in total. The Labute approximate surface area is 151 Å². The maximum atomic E-state index is 5.56. The largest absolute Gasteiger partial charge is 0.360 e. The summed E-state index contributed by atoms with van der Waals surface area (Å²) in [5, 5.41) is 7.68. The fourth-order valence-electron chi connectivity index (χ4n) is 4.44. The van der Waals surface area contributed by atoms with E-state index in [1.807, 2.05) is 6.08 Å². The predicted octanol–water partition coefficient (Wildman–Crippen LogP) is 4.16. The van der Waals surface area contributed by atoms with Gasteiger partial charge in [0, 0.05) is 30.4 Å². The first kappa shape index (κ1) is 17.4. The van der Waals surface area contributed by atoms with Crippen LogP contribution >= 0.6 is 12.2 Å². The number of fused-ring (bicyclic) bond motifs is 2. The first-order valence-corrected chi connectivity index (χ1v) is 9.48. The second kappa shape index (κ2) is 7.66. The number of hydrogen-bond acceptors (Lipinski definition) is 2. The Bertz CT molecular complexity index is 579. The maximum Gasteiger partial charge on any atom is 0.170 e. The van der Waals surface area contributed by atoms with Crippen molar-refractivity contribution in [2.24, 2.45) is 0 Å². The molecule has 1 aromatic rings. The molecule has 2 aliphatic heterocycles. The van der Waals surface area contributed by atoms with Gasteiger partial charge in [-0.1, -0.05) is 18.6 Å². The van der Waals surface area contributed by atoms with E-state index in [0.717, 1.165) is 17.3 Å². The summed E-state index contributed by atoms with van der Waals surface area (Å²) in [6, 6.07) is 8.30. The Kier molecular flexibility index (Phi) is 5.57. The van der Waals surface area contributed by atoms with Crippen molar-refractivity contribution < 1.29 is 0 Å². The minimum Gasteiger partial charge on any atom is -0.360 e. The third-order valence-corrected chi connectivity index (χ3v) is 5.50. The number of aryl methyl sites for hydroxylation is 2. The van der Waals surface area contributed by atoms with E-state index in [9.17, 15) is 0 Å². The molecular weight excluding hydrogens is 314 g/mol. The van der Waals surface area contributed by atoms with E-state index in [2.05, 4.69) is 54.2 Å². The Morgan fingerprint density at radius 3 is 2.42 bits per heavy atom. The van der Waals surface area contributed by atoms with Gasteiger partial charge < -0.3 is 10.6 Å². The summed E-state index contributed by atoms with van der Waals surface area (Å²) in [6.45, 7) is 9.18. The van der Waals surface area contributed by atoms with Crippen LogP contribution in [0.5, 0.6) is 0 Å². The molecule has 0 aliphatic carbocycles. The van der Waals surface area contributed by atoms with E-state index in [1.54, 1.807) is 0 Å². The van der Waals surface area contributed by atoms with Gasteiger partial charge in [0.1, 0.15) is 0 Å². The fourth-order valence-corrected chi connectivity index (χ4v) is 4.73. The number of nitrogens with zero attached hydrogens (tertiary/aromatic N) is 1. The van der Waals surface area contributed by atoms with Gasteiger partial charge in [-0.3, -0.25) is 4.90 Å². The van der Waals surface area contributed by atoms with E-state index in [0.29, 0.717) is 18.1 Å². The first-order valence-electron chi connectivity index (χ1n) is 9.07. The summed E-state index contributed by atoms with van der Waals surface area (Å²) in [4.78, 5) is 2.65. The summed E-state index contributed by atoms with van der Waals surface area (Å²) < 4.78 is 0. The van der Waals surface area contributed by atoms with E-state index in [4.69, 9.17) is 12.2 Å². The van der Waals surface area contributed by atoms with Crippen LogP contribution in [0.25, 0.3) is 0 Å². The Hall–Kier alpha value is -1.39. The Morgan fingerprint density at radius 1 is 1.21 bits per heavy atom. The number of hydrogen-bond donors (Lipinski definition) is 2. The van der Waals surface area contributed by atoms with Crippen molar-refractivity contribution in [3.63, 3.8) is 0 Å². The number of piperidine rings is 2. The zero-order valence-corrected chi connectivity index (χ0v) is 15.7. The highest BCUT2D eigenvalue weighted by Crippen LogP contribution is 2.33. The Balaban J connectivity index is 1.58. The molecule has 2 bridgehead atoms. The van der Waals surface area contributed by atoms with Crippen LogP contribution in [0, 0.1) is 13.8 Å². The van der Waals surface area contributed by atoms with Gasteiger partial charge in [-0.05, 0) is 75.0 Å². The number of thiocarbonyl (C=S) groups is 1. The molecule has 1 aromatic carbocycles. The van der Waals surface area contributed by atoms with Crippen LogP contribution in [-0.4, -0.2) is 34.7 Å². The molecule has 2 atom stereocenters. The third-order valence-electron chi connectivity index (χ3n) is 5.28. The number of anilines is 1. The average molecular weight is 344 g/mol. The number of nitrogens with one attached hydrogen (secondary N) is 2. The highest BCUT2D eigenvalue weighted by molar-refractivity contribution is 7.80. The van der Waals surface area contributed by atoms with E-state index >= 15 is 0 Å². The topological polar surface area (TPSA) is 27.3 Å². The van der Waals surface area contributed by atoms with Gasteiger partial charge >= 0.3 is 0 Å². The number of rotatable bonds is 4. The highest BCUT2D eigenvalue weighted by Gasteiger charge is 2.37. The van der Waals surface area contributed by atoms with Crippen LogP contribution in [0.3, 0.4) is 0 Å². The van der Waals surface area contributed by atoms with Crippen molar-refractivity contribution in [1.29, 1.82) is 0 Å². The lowest BCUT2D eigenvalue weighted by atomic mass is 9.82. The zero-order chi connectivity index (χ0) is 17.1. The monoisotopic (exact) mass is 343 g/mol. The third kappa shape index (κ3) is 4.17. The lowest BCUT2D eigenvalue weighted by Crippen LogP contribution is -2.57. The molecule has 0 spiro atoms. The zero-order valence-electron chi connectivity index (χ0n) is 14.8. The van der Waals surface area contributed by atoms with Gasteiger partial charge in [0.25, 0.3) is 0 Å². The molecule has 4 heteroatoms. The molecule has 0 amide bonds. The van der Waals surface area contributed by atoms with Crippen molar-refractivity contribution in [2.75, 3.05) is 11.9 Å².